The number of nitrogens with zero attached hydrogens (tertiary/aromatic N) is 2. The molecule has 1 saturated carbocycles. The number of benzene rings is 1. The molecule has 1 saturated heterocycles. The Hall–Kier alpha value is -2.99. The van der Waals surface area contributed by atoms with Crippen LogP contribution in [0.5, 0.6) is 0 Å². The maximum atomic E-state index is 14.1. The molecule has 0 radical (unpaired) electrons. The monoisotopic (exact) mass is 486 g/mol. The quantitative estimate of drug-likeness (QED) is 0.431. The summed E-state index contributed by atoms with van der Waals surface area (Å²) in [5.41, 5.74) is 4.22. The largest absolute Gasteiger partial charge is 0.360 e. The van der Waals surface area contributed by atoms with Crippen molar-refractivity contribution in [1.82, 2.24) is 20.2 Å². The van der Waals surface area contributed by atoms with Gasteiger partial charge in [0.1, 0.15) is 5.78 Å². The van der Waals surface area contributed by atoms with Crippen LogP contribution in [0.15, 0.2) is 48.8 Å². The Balaban J connectivity index is 1.41. The molecule has 2 N–H and O–H groups in total. The molecule has 1 aliphatic heterocycles. The number of aromatic amines is 1. The van der Waals surface area contributed by atoms with Crippen LogP contribution in [0.3, 0.4) is 0 Å². The number of carbonyl (C=O) groups excluding carboxylic acids is 2. The number of aromatic nitrogens is 2. The van der Waals surface area contributed by atoms with E-state index in [0.29, 0.717) is 12.3 Å². The first-order valence-electron chi connectivity index (χ1n) is 13.6. The molecule has 3 unspecified atom stereocenters. The van der Waals surface area contributed by atoms with E-state index in [-0.39, 0.29) is 29.7 Å². The Labute approximate surface area is 213 Å². The Bertz CT molecular complexity index is 1210. The van der Waals surface area contributed by atoms with Crippen LogP contribution in [-0.4, -0.2) is 46.2 Å². The van der Waals surface area contributed by atoms with Gasteiger partial charge in [-0.25, -0.2) is 0 Å². The first-order valence-corrected chi connectivity index (χ1v) is 13.6. The fourth-order valence-corrected chi connectivity index (χ4v) is 6.22. The first kappa shape index (κ1) is 24.7. The molecule has 3 heterocycles. The third-order valence-electron chi connectivity index (χ3n) is 8.44. The highest BCUT2D eigenvalue weighted by Crippen LogP contribution is 2.39. The zero-order valence-electron chi connectivity index (χ0n) is 21.5. The summed E-state index contributed by atoms with van der Waals surface area (Å²) in [6.07, 6.45) is 11.8. The van der Waals surface area contributed by atoms with Gasteiger partial charge in [-0.2, -0.15) is 0 Å². The van der Waals surface area contributed by atoms with Crippen molar-refractivity contribution in [2.24, 2.45) is 11.8 Å². The summed E-state index contributed by atoms with van der Waals surface area (Å²) in [7, 11) is 1.81. The van der Waals surface area contributed by atoms with E-state index in [9.17, 15) is 9.59 Å². The number of carbonyl (C=O) groups is 2. The maximum Gasteiger partial charge on any atom is 0.226 e. The van der Waals surface area contributed by atoms with Gasteiger partial charge in [-0.05, 0) is 69.3 Å². The molecule has 1 amide bonds. The van der Waals surface area contributed by atoms with Crippen molar-refractivity contribution in [3.8, 4) is 11.3 Å². The van der Waals surface area contributed by atoms with Crippen molar-refractivity contribution in [2.45, 2.75) is 70.4 Å². The molecular weight excluding hydrogens is 448 g/mol. The molecule has 2 aromatic heterocycles. The van der Waals surface area contributed by atoms with E-state index in [4.69, 9.17) is 0 Å². The van der Waals surface area contributed by atoms with Gasteiger partial charge in [0.25, 0.3) is 0 Å². The second kappa shape index (κ2) is 11.0. The minimum atomic E-state index is -0.225. The summed E-state index contributed by atoms with van der Waals surface area (Å²) >= 11 is 0. The van der Waals surface area contributed by atoms with E-state index >= 15 is 0 Å². The Morgan fingerprint density at radius 1 is 1.11 bits per heavy atom. The molecule has 3 aromatic rings. The lowest BCUT2D eigenvalue weighted by Gasteiger charge is -2.35. The van der Waals surface area contributed by atoms with Gasteiger partial charge in [-0.1, -0.05) is 37.5 Å². The average molecular weight is 487 g/mol. The number of Topliss-reactive ketones (excluding diaryl/α,β-unsaturated/α-hetero) is 1. The highest BCUT2D eigenvalue weighted by Gasteiger charge is 2.39. The SMILES string of the molecule is CNC(C)C(=O)CC(C(=O)N1CCCC1c1ccnc(-c2c[nH]c3ccccc23)c1)C1CCCCC1. The van der Waals surface area contributed by atoms with Gasteiger partial charge in [-0.15, -0.1) is 0 Å². The predicted molar refractivity (Wildman–Crippen MR) is 143 cm³/mol. The number of rotatable bonds is 8. The number of amides is 1. The number of ketones is 1. The Kier molecular flexibility index (Phi) is 7.51. The molecular formula is C30H38N4O2. The van der Waals surface area contributed by atoms with Gasteiger partial charge < -0.3 is 15.2 Å². The molecule has 1 aliphatic carbocycles. The van der Waals surface area contributed by atoms with Gasteiger partial charge >= 0.3 is 0 Å². The molecule has 2 aliphatic rings. The number of para-hydroxylation sites is 1. The van der Waals surface area contributed by atoms with Crippen LogP contribution in [0, 0.1) is 11.8 Å². The summed E-state index contributed by atoms with van der Waals surface area (Å²) in [4.78, 5) is 37.1. The van der Waals surface area contributed by atoms with E-state index in [2.05, 4.69) is 44.5 Å². The molecule has 6 nitrogen and oxygen atoms in total. The number of fused-ring (bicyclic) bond motifs is 1. The van der Waals surface area contributed by atoms with Crippen LogP contribution in [0.25, 0.3) is 22.2 Å². The summed E-state index contributed by atoms with van der Waals surface area (Å²) in [6.45, 7) is 2.65. The highest BCUT2D eigenvalue weighted by atomic mass is 16.2. The fraction of sp³-hybridized carbons (Fsp3) is 0.500. The number of hydrogen-bond acceptors (Lipinski definition) is 4. The zero-order chi connectivity index (χ0) is 25.1. The molecule has 36 heavy (non-hydrogen) atoms. The van der Waals surface area contributed by atoms with E-state index < -0.39 is 0 Å². The summed E-state index contributed by atoms with van der Waals surface area (Å²) in [5, 5.41) is 4.21. The topological polar surface area (TPSA) is 78.1 Å². The van der Waals surface area contributed by atoms with E-state index in [1.165, 1.54) is 6.42 Å². The molecule has 1 aromatic carbocycles. The minimum absolute atomic E-state index is 0.0346. The molecule has 190 valence electrons. The lowest BCUT2D eigenvalue weighted by Crippen LogP contribution is -2.42. The molecule has 0 spiro atoms. The number of nitrogens with one attached hydrogen (secondary N) is 2. The molecule has 0 bridgehead atoms. The molecule has 6 heteroatoms. The van der Waals surface area contributed by atoms with Gasteiger partial charge in [0, 0.05) is 47.7 Å². The highest BCUT2D eigenvalue weighted by molar-refractivity contribution is 5.94. The summed E-state index contributed by atoms with van der Waals surface area (Å²) < 4.78 is 0. The number of H-pyrrole nitrogens is 1. The van der Waals surface area contributed by atoms with Crippen LogP contribution < -0.4 is 5.32 Å². The Morgan fingerprint density at radius 2 is 1.92 bits per heavy atom. The smallest absolute Gasteiger partial charge is 0.226 e. The maximum absolute atomic E-state index is 14.1. The van der Waals surface area contributed by atoms with Gasteiger partial charge in [0.2, 0.25) is 5.91 Å². The van der Waals surface area contributed by atoms with Crippen LogP contribution in [0.1, 0.15) is 69.9 Å². The minimum Gasteiger partial charge on any atom is -0.360 e. The second-order valence-electron chi connectivity index (χ2n) is 10.6. The standard InChI is InChI=1S/C30H38N4O2/c1-20(31-2)29(35)18-24(21-9-4-3-5-10-21)30(36)34-16-8-13-28(34)22-14-15-32-27(17-22)25-19-33-26-12-7-6-11-23(25)26/h6-7,11-12,14-15,17,19-21,24,28,31,33H,3-5,8-10,13,16,18H2,1-2H3. The fourth-order valence-electron chi connectivity index (χ4n) is 6.22. The van der Waals surface area contributed by atoms with Crippen molar-refractivity contribution >= 4 is 22.6 Å². The van der Waals surface area contributed by atoms with E-state index in [1.54, 1.807) is 0 Å². The van der Waals surface area contributed by atoms with E-state index in [0.717, 1.165) is 72.8 Å². The van der Waals surface area contributed by atoms with Crippen LogP contribution in [-0.2, 0) is 9.59 Å². The Morgan fingerprint density at radius 3 is 2.72 bits per heavy atom. The summed E-state index contributed by atoms with van der Waals surface area (Å²) in [6, 6.07) is 12.3. The third-order valence-corrected chi connectivity index (χ3v) is 8.44. The lowest BCUT2D eigenvalue weighted by molar-refractivity contribution is -0.141. The molecule has 3 atom stereocenters. The van der Waals surface area contributed by atoms with Crippen molar-refractivity contribution in [3.05, 3.63) is 54.4 Å². The van der Waals surface area contributed by atoms with Crippen LogP contribution in [0.2, 0.25) is 0 Å². The van der Waals surface area contributed by atoms with Crippen molar-refractivity contribution in [2.75, 3.05) is 13.6 Å². The van der Waals surface area contributed by atoms with Crippen LogP contribution in [0.4, 0.5) is 0 Å². The van der Waals surface area contributed by atoms with Crippen molar-refractivity contribution < 1.29 is 9.59 Å². The van der Waals surface area contributed by atoms with E-state index in [1.807, 2.05) is 38.5 Å². The molecule has 2 fully saturated rings. The van der Waals surface area contributed by atoms with Gasteiger partial charge in [-0.3, -0.25) is 14.6 Å². The van der Waals surface area contributed by atoms with Crippen LogP contribution >= 0.6 is 0 Å². The average Bonchev–Trinajstić information content (AvgIpc) is 3.59. The summed E-state index contributed by atoms with van der Waals surface area (Å²) in [5.74, 6) is 0.401. The normalized spacial score (nSPS) is 20.5. The lowest BCUT2D eigenvalue weighted by atomic mass is 9.76. The first-order chi connectivity index (χ1) is 17.6. The zero-order valence-corrected chi connectivity index (χ0v) is 21.5. The number of likely N-dealkylation sites (tertiary alicyclic amines) is 1. The predicted octanol–water partition coefficient (Wildman–Crippen LogP) is 5.66. The number of hydrogen-bond donors (Lipinski definition) is 2. The third kappa shape index (κ3) is 4.96. The number of pyridine rings is 1. The number of likely N-dealkylation sites (N-methyl/N-ethyl adjacent to an activating group) is 1. The van der Waals surface area contributed by atoms with Gasteiger partial charge in [0.05, 0.1) is 17.8 Å². The molecule has 5 rings (SSSR count). The van der Waals surface area contributed by atoms with Crippen molar-refractivity contribution in [3.63, 3.8) is 0 Å². The second-order valence-corrected chi connectivity index (χ2v) is 10.6. The van der Waals surface area contributed by atoms with Gasteiger partial charge in [0.15, 0.2) is 0 Å². The van der Waals surface area contributed by atoms with Crippen molar-refractivity contribution in [1.29, 1.82) is 0 Å².